The molecule has 33 heavy (non-hydrogen) atoms. The first-order valence-corrected chi connectivity index (χ1v) is 11.0. The standard InChI is InChI=1S/C25H28N4O4/c1-25(2,3)33-17-18-6-4-7-19(14-18)22-16-23(28-10-12-32-13-11-28)27-24(26-22)20-8-5-9-21(15-20)29(30)31/h4-9,14-16H,10-13,17H2,1-3H3. The highest BCUT2D eigenvalue weighted by atomic mass is 16.6. The molecular weight excluding hydrogens is 420 g/mol. The van der Waals surface area contributed by atoms with Crippen LogP contribution < -0.4 is 4.90 Å². The van der Waals surface area contributed by atoms with Crippen molar-refractivity contribution in [3.05, 3.63) is 70.3 Å². The van der Waals surface area contributed by atoms with Crippen molar-refractivity contribution in [2.45, 2.75) is 33.0 Å². The zero-order valence-corrected chi connectivity index (χ0v) is 19.2. The topological polar surface area (TPSA) is 90.6 Å². The summed E-state index contributed by atoms with van der Waals surface area (Å²) in [5, 5.41) is 11.3. The number of anilines is 1. The van der Waals surface area contributed by atoms with Crippen molar-refractivity contribution in [2.75, 3.05) is 31.2 Å². The van der Waals surface area contributed by atoms with E-state index in [1.807, 2.05) is 45.0 Å². The molecule has 1 aliphatic heterocycles. The first-order valence-electron chi connectivity index (χ1n) is 11.0. The SMILES string of the molecule is CC(C)(C)OCc1cccc(-c2cc(N3CCOCC3)nc(-c3cccc([N+](=O)[O-])c3)n2)c1. The molecule has 1 aromatic heterocycles. The Morgan fingerprint density at radius 1 is 1.03 bits per heavy atom. The van der Waals surface area contributed by atoms with Gasteiger partial charge in [0.05, 0.1) is 36.0 Å². The number of ether oxygens (including phenoxy) is 2. The van der Waals surface area contributed by atoms with Gasteiger partial charge in [-0.1, -0.05) is 30.3 Å². The number of non-ortho nitro benzene ring substituents is 1. The van der Waals surface area contributed by atoms with Crippen molar-refractivity contribution in [3.63, 3.8) is 0 Å². The Hall–Kier alpha value is -3.36. The number of hydrogen-bond acceptors (Lipinski definition) is 7. The van der Waals surface area contributed by atoms with Gasteiger partial charge in [0, 0.05) is 42.4 Å². The average molecular weight is 449 g/mol. The molecule has 0 amide bonds. The lowest BCUT2D eigenvalue weighted by Crippen LogP contribution is -2.36. The van der Waals surface area contributed by atoms with E-state index in [1.54, 1.807) is 12.1 Å². The zero-order valence-electron chi connectivity index (χ0n) is 19.2. The second kappa shape index (κ2) is 9.64. The average Bonchev–Trinajstić information content (AvgIpc) is 2.83. The number of benzene rings is 2. The molecule has 2 aromatic carbocycles. The quantitative estimate of drug-likeness (QED) is 0.392. The van der Waals surface area contributed by atoms with Crippen LogP contribution in [-0.2, 0) is 16.1 Å². The third-order valence-electron chi connectivity index (χ3n) is 5.26. The molecule has 0 bridgehead atoms. The van der Waals surface area contributed by atoms with Crippen LogP contribution in [-0.4, -0.2) is 46.8 Å². The van der Waals surface area contributed by atoms with Crippen LogP contribution in [0.2, 0.25) is 0 Å². The van der Waals surface area contributed by atoms with Gasteiger partial charge in [-0.2, -0.15) is 0 Å². The summed E-state index contributed by atoms with van der Waals surface area (Å²) in [5.74, 6) is 1.23. The summed E-state index contributed by atoms with van der Waals surface area (Å²) in [4.78, 5) is 22.6. The van der Waals surface area contributed by atoms with Gasteiger partial charge in [0.25, 0.3) is 5.69 Å². The fourth-order valence-corrected chi connectivity index (χ4v) is 3.54. The Morgan fingerprint density at radius 3 is 2.48 bits per heavy atom. The fourth-order valence-electron chi connectivity index (χ4n) is 3.54. The lowest BCUT2D eigenvalue weighted by Gasteiger charge is -2.28. The summed E-state index contributed by atoms with van der Waals surface area (Å²) in [5.41, 5.74) is 3.12. The van der Waals surface area contributed by atoms with Gasteiger partial charge in [-0.3, -0.25) is 10.1 Å². The molecule has 1 fully saturated rings. The lowest BCUT2D eigenvalue weighted by atomic mass is 10.1. The summed E-state index contributed by atoms with van der Waals surface area (Å²) in [6.45, 7) is 9.30. The van der Waals surface area contributed by atoms with Gasteiger partial charge in [0.1, 0.15) is 5.82 Å². The van der Waals surface area contributed by atoms with Crippen LogP contribution in [0.3, 0.4) is 0 Å². The highest BCUT2D eigenvalue weighted by Crippen LogP contribution is 2.29. The number of nitrogens with zero attached hydrogens (tertiary/aromatic N) is 4. The summed E-state index contributed by atoms with van der Waals surface area (Å²) in [7, 11) is 0. The first-order chi connectivity index (χ1) is 15.8. The Kier molecular flexibility index (Phi) is 6.67. The van der Waals surface area contributed by atoms with Crippen molar-refractivity contribution in [1.29, 1.82) is 0 Å². The summed E-state index contributed by atoms with van der Waals surface area (Å²) in [6.07, 6.45) is 0. The number of nitro groups is 1. The molecule has 0 unspecified atom stereocenters. The fraction of sp³-hybridized carbons (Fsp3) is 0.360. The lowest BCUT2D eigenvalue weighted by molar-refractivity contribution is -0.384. The zero-order chi connectivity index (χ0) is 23.4. The smallest absolute Gasteiger partial charge is 0.270 e. The van der Waals surface area contributed by atoms with Crippen LogP contribution in [0.25, 0.3) is 22.6 Å². The number of nitro benzene ring substituents is 1. The maximum atomic E-state index is 11.3. The van der Waals surface area contributed by atoms with Crippen LogP contribution >= 0.6 is 0 Å². The van der Waals surface area contributed by atoms with Crippen molar-refractivity contribution >= 4 is 11.5 Å². The molecule has 0 N–H and O–H groups in total. The Labute approximate surface area is 193 Å². The molecule has 172 valence electrons. The minimum Gasteiger partial charge on any atom is -0.378 e. The molecule has 4 rings (SSSR count). The highest BCUT2D eigenvalue weighted by molar-refractivity contribution is 5.69. The van der Waals surface area contributed by atoms with Crippen LogP contribution in [0.4, 0.5) is 11.5 Å². The third-order valence-corrected chi connectivity index (χ3v) is 5.26. The molecule has 0 atom stereocenters. The van der Waals surface area contributed by atoms with E-state index in [2.05, 4.69) is 11.0 Å². The van der Waals surface area contributed by atoms with E-state index in [1.165, 1.54) is 12.1 Å². The number of morpholine rings is 1. The molecule has 8 heteroatoms. The van der Waals surface area contributed by atoms with E-state index >= 15 is 0 Å². The second-order valence-corrected chi connectivity index (χ2v) is 8.94. The van der Waals surface area contributed by atoms with Gasteiger partial charge in [0.2, 0.25) is 0 Å². The van der Waals surface area contributed by atoms with Crippen LogP contribution in [0, 0.1) is 10.1 Å². The van der Waals surface area contributed by atoms with Gasteiger partial charge >= 0.3 is 0 Å². The summed E-state index contributed by atoms with van der Waals surface area (Å²) >= 11 is 0. The maximum absolute atomic E-state index is 11.3. The maximum Gasteiger partial charge on any atom is 0.270 e. The van der Waals surface area contributed by atoms with Gasteiger partial charge in [-0.05, 0) is 32.4 Å². The largest absolute Gasteiger partial charge is 0.378 e. The number of aromatic nitrogens is 2. The molecule has 0 saturated carbocycles. The normalized spacial score (nSPS) is 14.3. The molecule has 1 saturated heterocycles. The van der Waals surface area contributed by atoms with Crippen molar-refractivity contribution in [1.82, 2.24) is 9.97 Å². The van der Waals surface area contributed by atoms with Crippen LogP contribution in [0.1, 0.15) is 26.3 Å². The molecule has 2 heterocycles. The van der Waals surface area contributed by atoms with Crippen LogP contribution in [0.15, 0.2) is 54.6 Å². The van der Waals surface area contributed by atoms with E-state index in [4.69, 9.17) is 19.4 Å². The van der Waals surface area contributed by atoms with Gasteiger partial charge in [0.15, 0.2) is 5.82 Å². The van der Waals surface area contributed by atoms with Gasteiger partial charge < -0.3 is 14.4 Å². The molecule has 0 spiro atoms. The van der Waals surface area contributed by atoms with Crippen molar-refractivity contribution in [2.24, 2.45) is 0 Å². The van der Waals surface area contributed by atoms with Gasteiger partial charge in [-0.25, -0.2) is 9.97 Å². The van der Waals surface area contributed by atoms with E-state index < -0.39 is 4.92 Å². The third kappa shape index (κ3) is 5.91. The Morgan fingerprint density at radius 2 is 1.76 bits per heavy atom. The molecule has 0 radical (unpaired) electrons. The number of rotatable bonds is 6. The summed E-state index contributed by atoms with van der Waals surface area (Å²) < 4.78 is 11.4. The molecule has 0 aliphatic carbocycles. The van der Waals surface area contributed by atoms with Crippen molar-refractivity contribution < 1.29 is 14.4 Å². The van der Waals surface area contributed by atoms with E-state index in [-0.39, 0.29) is 11.3 Å². The molecule has 3 aromatic rings. The Balaban J connectivity index is 1.75. The molecule has 1 aliphatic rings. The molecular formula is C25H28N4O4. The first kappa shape index (κ1) is 22.8. The molecule has 8 nitrogen and oxygen atoms in total. The highest BCUT2D eigenvalue weighted by Gasteiger charge is 2.18. The van der Waals surface area contributed by atoms with Gasteiger partial charge in [-0.15, -0.1) is 0 Å². The minimum atomic E-state index is -0.408. The predicted molar refractivity (Wildman–Crippen MR) is 127 cm³/mol. The van der Waals surface area contributed by atoms with Crippen molar-refractivity contribution in [3.8, 4) is 22.6 Å². The Bertz CT molecular complexity index is 1140. The van der Waals surface area contributed by atoms with E-state index in [9.17, 15) is 10.1 Å². The monoisotopic (exact) mass is 448 g/mol. The predicted octanol–water partition coefficient (Wildman–Crippen LogP) is 4.87. The van der Waals surface area contributed by atoms with E-state index in [0.29, 0.717) is 31.2 Å². The van der Waals surface area contributed by atoms with E-state index in [0.717, 1.165) is 35.7 Å². The van der Waals surface area contributed by atoms with Crippen LogP contribution in [0.5, 0.6) is 0 Å². The summed E-state index contributed by atoms with van der Waals surface area (Å²) in [6, 6.07) is 16.5. The number of hydrogen-bond donors (Lipinski definition) is 0. The second-order valence-electron chi connectivity index (χ2n) is 8.94. The minimum absolute atomic E-state index is 0.00996.